The maximum absolute atomic E-state index is 13.2. The largest absolute Gasteiger partial charge is 0.493 e. The lowest BCUT2D eigenvalue weighted by molar-refractivity contribution is 0.0701. The zero-order valence-electron chi connectivity index (χ0n) is 20.5. The molecule has 8 nitrogen and oxygen atoms in total. The molecule has 10 heteroatoms. The normalized spacial score (nSPS) is 15.7. The highest BCUT2D eigenvalue weighted by atomic mass is 32.1. The average Bonchev–Trinajstić information content (AvgIpc) is 3.55. The molecule has 0 spiro atoms. The molecule has 4 heterocycles. The first-order chi connectivity index (χ1) is 17.3. The summed E-state index contributed by atoms with van der Waals surface area (Å²) < 4.78 is 13.3. The number of carboxylic acid groups (broad SMARTS) is 1. The van der Waals surface area contributed by atoms with Gasteiger partial charge in [0.15, 0.2) is 11.5 Å². The zero-order valence-corrected chi connectivity index (χ0v) is 22.2. The maximum Gasteiger partial charge on any atom is 0.346 e. The van der Waals surface area contributed by atoms with Gasteiger partial charge >= 0.3 is 5.97 Å². The van der Waals surface area contributed by atoms with E-state index in [1.165, 1.54) is 0 Å². The molecule has 1 aromatic carbocycles. The van der Waals surface area contributed by atoms with Crippen LogP contribution in [0.15, 0.2) is 29.2 Å². The van der Waals surface area contributed by atoms with E-state index in [2.05, 4.69) is 11.9 Å². The number of aromatic carboxylic acids is 1. The number of methoxy groups -OCH3 is 1. The summed E-state index contributed by atoms with van der Waals surface area (Å²) in [5.41, 5.74) is 1.49. The highest BCUT2D eigenvalue weighted by molar-refractivity contribution is 7.20. The lowest BCUT2D eigenvalue weighted by atomic mass is 9.87. The van der Waals surface area contributed by atoms with Crippen molar-refractivity contribution in [3.8, 4) is 11.5 Å². The van der Waals surface area contributed by atoms with Crippen molar-refractivity contribution in [3.63, 3.8) is 0 Å². The minimum Gasteiger partial charge on any atom is -0.493 e. The molecular weight excluding hydrogens is 498 g/mol. The first kappa shape index (κ1) is 24.5. The molecule has 36 heavy (non-hydrogen) atoms. The van der Waals surface area contributed by atoms with Crippen molar-refractivity contribution in [1.82, 2.24) is 14.5 Å². The van der Waals surface area contributed by atoms with Crippen LogP contribution in [0.4, 0.5) is 0 Å². The van der Waals surface area contributed by atoms with E-state index in [9.17, 15) is 14.7 Å². The van der Waals surface area contributed by atoms with Gasteiger partial charge in [-0.3, -0.25) is 9.36 Å². The Morgan fingerprint density at radius 2 is 2.08 bits per heavy atom. The molecular formula is C26H27N3O5S2. The molecule has 0 saturated heterocycles. The third-order valence-corrected chi connectivity index (χ3v) is 8.84. The fourth-order valence-corrected chi connectivity index (χ4v) is 6.69. The van der Waals surface area contributed by atoms with Crippen LogP contribution in [0.5, 0.6) is 11.5 Å². The number of nitrogens with zero attached hydrogens (tertiary/aromatic N) is 3. The summed E-state index contributed by atoms with van der Waals surface area (Å²) in [6, 6.07) is 5.99. The van der Waals surface area contributed by atoms with Crippen LogP contribution < -0.4 is 15.0 Å². The summed E-state index contributed by atoms with van der Waals surface area (Å²) in [5, 5.41) is 10.9. The highest BCUT2D eigenvalue weighted by Gasteiger charge is 2.32. The fourth-order valence-electron chi connectivity index (χ4n) is 4.96. The van der Waals surface area contributed by atoms with Crippen molar-refractivity contribution < 1.29 is 19.4 Å². The van der Waals surface area contributed by atoms with Crippen molar-refractivity contribution in [1.29, 1.82) is 0 Å². The van der Waals surface area contributed by atoms with E-state index in [1.807, 2.05) is 31.3 Å². The topological polar surface area (TPSA) is 104 Å². The average molecular weight is 526 g/mol. The van der Waals surface area contributed by atoms with E-state index in [-0.39, 0.29) is 22.3 Å². The van der Waals surface area contributed by atoms with Crippen molar-refractivity contribution in [2.24, 2.45) is 5.92 Å². The quantitative estimate of drug-likeness (QED) is 0.338. The predicted molar refractivity (Wildman–Crippen MR) is 140 cm³/mol. The Bertz CT molecular complexity index is 1520. The van der Waals surface area contributed by atoms with Gasteiger partial charge in [0.2, 0.25) is 0 Å². The van der Waals surface area contributed by atoms with Crippen LogP contribution in [-0.4, -0.2) is 32.7 Å². The Kier molecular flexibility index (Phi) is 6.57. The maximum atomic E-state index is 13.2. The lowest BCUT2D eigenvalue weighted by Crippen LogP contribution is -2.22. The Labute approximate surface area is 216 Å². The van der Waals surface area contributed by atoms with Crippen molar-refractivity contribution in [2.45, 2.75) is 52.7 Å². The fraction of sp³-hybridized carbons (Fsp3) is 0.385. The van der Waals surface area contributed by atoms with E-state index in [4.69, 9.17) is 14.5 Å². The first-order valence-corrected chi connectivity index (χ1v) is 13.4. The summed E-state index contributed by atoms with van der Waals surface area (Å²) in [6.45, 7) is 6.86. The Morgan fingerprint density at radius 3 is 2.78 bits per heavy atom. The van der Waals surface area contributed by atoms with Crippen LogP contribution in [0, 0.1) is 19.8 Å². The van der Waals surface area contributed by atoms with Gasteiger partial charge in [0.05, 0.1) is 22.4 Å². The molecule has 3 aromatic heterocycles. The molecule has 4 aromatic rings. The van der Waals surface area contributed by atoms with Crippen LogP contribution in [0.3, 0.4) is 0 Å². The van der Waals surface area contributed by atoms with Gasteiger partial charge in [-0.25, -0.2) is 14.8 Å². The second-order valence-corrected chi connectivity index (χ2v) is 11.5. The van der Waals surface area contributed by atoms with Crippen LogP contribution in [0.25, 0.3) is 10.2 Å². The smallest absolute Gasteiger partial charge is 0.346 e. The van der Waals surface area contributed by atoms with Crippen molar-refractivity contribution in [3.05, 3.63) is 66.5 Å². The highest BCUT2D eigenvalue weighted by Crippen LogP contribution is 2.38. The number of fused-ring (bicyclic) bond motifs is 2. The third kappa shape index (κ3) is 4.39. The summed E-state index contributed by atoms with van der Waals surface area (Å²) in [4.78, 5) is 35.6. The summed E-state index contributed by atoms with van der Waals surface area (Å²) >= 11 is 2.69. The SMILES string of the molecule is COc1cc(CC(C)C2CCn3c2nc2sc(C(=O)O)c(C)c2c3=O)ccc1OCc1cnc(C)s1. The van der Waals surface area contributed by atoms with Gasteiger partial charge in [0.25, 0.3) is 5.56 Å². The molecule has 0 fully saturated rings. The van der Waals surface area contributed by atoms with Gasteiger partial charge in [-0.1, -0.05) is 13.0 Å². The van der Waals surface area contributed by atoms with Gasteiger partial charge in [-0.2, -0.15) is 0 Å². The summed E-state index contributed by atoms with van der Waals surface area (Å²) in [7, 11) is 1.63. The molecule has 1 N–H and O–H groups in total. The van der Waals surface area contributed by atoms with E-state index in [0.29, 0.717) is 40.4 Å². The van der Waals surface area contributed by atoms with Gasteiger partial charge < -0.3 is 14.6 Å². The minimum absolute atomic E-state index is 0.106. The molecule has 0 amide bonds. The number of benzene rings is 1. The molecule has 0 radical (unpaired) electrons. The van der Waals surface area contributed by atoms with Crippen LogP contribution in [0.1, 0.15) is 55.8 Å². The molecule has 188 valence electrons. The number of thiophene rings is 1. The number of carbonyl (C=O) groups is 1. The second-order valence-electron chi connectivity index (χ2n) is 9.16. The molecule has 0 aliphatic carbocycles. The molecule has 2 unspecified atom stereocenters. The van der Waals surface area contributed by atoms with Gasteiger partial charge in [0.1, 0.15) is 22.1 Å². The number of aromatic nitrogens is 3. The Hall–Kier alpha value is -3.24. The van der Waals surface area contributed by atoms with Gasteiger partial charge in [-0.15, -0.1) is 22.7 Å². The number of thiazole rings is 1. The number of aryl methyl sites for hydroxylation is 2. The molecule has 1 aliphatic rings. The van der Waals surface area contributed by atoms with E-state index in [1.54, 1.807) is 29.9 Å². The second kappa shape index (κ2) is 9.67. The molecule has 0 saturated carbocycles. The molecule has 1 aliphatic heterocycles. The monoisotopic (exact) mass is 525 g/mol. The molecule has 2 atom stereocenters. The zero-order chi connectivity index (χ0) is 25.6. The Balaban J connectivity index is 1.36. The van der Waals surface area contributed by atoms with E-state index in [0.717, 1.165) is 45.5 Å². The predicted octanol–water partition coefficient (Wildman–Crippen LogP) is 5.18. The Morgan fingerprint density at radius 1 is 1.28 bits per heavy atom. The van der Waals surface area contributed by atoms with E-state index < -0.39 is 5.97 Å². The standard InChI is InChI=1S/C26H27N3O5S2/c1-13(9-16-5-6-19(20(10-16)33-4)34-12-17-11-27-15(3)35-17)18-7-8-29-23(18)28-24-21(25(29)30)14(2)22(36-24)26(31)32/h5-6,10-11,13,18H,7-9,12H2,1-4H3,(H,31,32). The number of rotatable bonds is 8. The summed E-state index contributed by atoms with van der Waals surface area (Å²) in [6.07, 6.45) is 3.44. The van der Waals surface area contributed by atoms with Gasteiger partial charge in [0, 0.05) is 18.7 Å². The third-order valence-electron chi connectivity index (χ3n) is 6.78. The van der Waals surface area contributed by atoms with Gasteiger partial charge in [-0.05, 0) is 55.9 Å². The number of ether oxygens (including phenoxy) is 2. The number of hydrogen-bond acceptors (Lipinski definition) is 8. The first-order valence-electron chi connectivity index (χ1n) is 11.7. The minimum atomic E-state index is -1.02. The lowest BCUT2D eigenvalue weighted by Gasteiger charge is -2.20. The number of carboxylic acids is 1. The van der Waals surface area contributed by atoms with Crippen LogP contribution in [0.2, 0.25) is 0 Å². The van der Waals surface area contributed by atoms with Crippen LogP contribution >= 0.6 is 22.7 Å². The molecule has 5 rings (SSSR count). The summed E-state index contributed by atoms with van der Waals surface area (Å²) in [5.74, 6) is 1.43. The number of hydrogen-bond donors (Lipinski definition) is 1. The molecule has 0 bridgehead atoms. The van der Waals surface area contributed by atoms with Crippen LogP contribution in [-0.2, 0) is 19.6 Å². The van der Waals surface area contributed by atoms with Crippen molar-refractivity contribution >= 4 is 38.9 Å². The van der Waals surface area contributed by atoms with E-state index >= 15 is 0 Å². The van der Waals surface area contributed by atoms with Crippen molar-refractivity contribution in [2.75, 3.05) is 7.11 Å².